The van der Waals surface area contributed by atoms with Gasteiger partial charge in [-0.15, -0.1) is 0 Å². The molecule has 0 atom stereocenters. The van der Waals surface area contributed by atoms with Gasteiger partial charge in [0.2, 0.25) is 0 Å². The smallest absolute Gasteiger partial charge is 0.319 e. The summed E-state index contributed by atoms with van der Waals surface area (Å²) in [7, 11) is 2.95. The van der Waals surface area contributed by atoms with Gasteiger partial charge in [0.15, 0.2) is 0 Å². The number of benzene rings is 1. The standard InChI is InChI=1S/C13H17N3O3/c1-16(19-2)12(17)9-4-3-5-11(8-9)15-13(18)14-10-6-7-10/h3-5,8,10H,6-7H2,1-2H3,(H2,14,15,18). The predicted molar refractivity (Wildman–Crippen MR) is 70.7 cm³/mol. The molecule has 2 rings (SSSR count). The number of carbonyl (C=O) groups is 2. The third-order valence-corrected chi connectivity index (χ3v) is 2.84. The van der Waals surface area contributed by atoms with E-state index in [0.717, 1.165) is 17.9 Å². The van der Waals surface area contributed by atoms with E-state index in [1.54, 1.807) is 24.3 Å². The number of hydrogen-bond donors (Lipinski definition) is 2. The van der Waals surface area contributed by atoms with Gasteiger partial charge in [0.1, 0.15) is 0 Å². The maximum atomic E-state index is 11.9. The molecule has 6 heteroatoms. The van der Waals surface area contributed by atoms with Crippen molar-refractivity contribution in [3.63, 3.8) is 0 Å². The Morgan fingerprint density at radius 2 is 2.11 bits per heavy atom. The Kier molecular flexibility index (Phi) is 4.01. The summed E-state index contributed by atoms with van der Waals surface area (Å²) >= 11 is 0. The van der Waals surface area contributed by atoms with E-state index in [0.29, 0.717) is 17.3 Å². The molecule has 1 aromatic rings. The van der Waals surface area contributed by atoms with Gasteiger partial charge in [-0.3, -0.25) is 9.63 Å². The fraction of sp³-hybridized carbons (Fsp3) is 0.385. The molecule has 19 heavy (non-hydrogen) atoms. The van der Waals surface area contributed by atoms with Crippen LogP contribution in [0.3, 0.4) is 0 Å². The summed E-state index contributed by atoms with van der Waals surface area (Å²) in [5, 5.41) is 6.65. The summed E-state index contributed by atoms with van der Waals surface area (Å²) in [4.78, 5) is 28.3. The van der Waals surface area contributed by atoms with Crippen LogP contribution in [0.15, 0.2) is 24.3 Å². The highest BCUT2D eigenvalue weighted by atomic mass is 16.7. The van der Waals surface area contributed by atoms with Gasteiger partial charge in [0.25, 0.3) is 5.91 Å². The molecule has 1 fully saturated rings. The molecule has 0 bridgehead atoms. The zero-order valence-electron chi connectivity index (χ0n) is 11.0. The fourth-order valence-corrected chi connectivity index (χ4v) is 1.57. The molecule has 2 N–H and O–H groups in total. The number of hydroxylamine groups is 2. The van der Waals surface area contributed by atoms with Crippen molar-refractivity contribution in [2.75, 3.05) is 19.5 Å². The van der Waals surface area contributed by atoms with Crippen LogP contribution in [0.4, 0.5) is 10.5 Å². The second-order valence-electron chi connectivity index (χ2n) is 4.44. The molecule has 0 aliphatic heterocycles. The van der Waals surface area contributed by atoms with Gasteiger partial charge in [0, 0.05) is 24.3 Å². The molecule has 6 nitrogen and oxygen atoms in total. The van der Waals surface area contributed by atoms with E-state index < -0.39 is 0 Å². The van der Waals surface area contributed by atoms with Crippen molar-refractivity contribution in [3.8, 4) is 0 Å². The normalized spacial score (nSPS) is 13.8. The lowest BCUT2D eigenvalue weighted by Crippen LogP contribution is -2.30. The van der Waals surface area contributed by atoms with Crippen LogP contribution in [-0.2, 0) is 4.84 Å². The summed E-state index contributed by atoms with van der Waals surface area (Å²) in [5.41, 5.74) is 1.03. The molecule has 102 valence electrons. The topological polar surface area (TPSA) is 70.7 Å². The summed E-state index contributed by atoms with van der Waals surface area (Å²) < 4.78 is 0. The number of carbonyl (C=O) groups excluding carboxylic acids is 2. The van der Waals surface area contributed by atoms with Gasteiger partial charge in [-0.1, -0.05) is 6.07 Å². The highest BCUT2D eigenvalue weighted by Gasteiger charge is 2.23. The van der Waals surface area contributed by atoms with Crippen LogP contribution in [-0.4, -0.2) is 37.2 Å². The first-order valence-corrected chi connectivity index (χ1v) is 6.10. The molecule has 0 saturated heterocycles. The van der Waals surface area contributed by atoms with Crippen molar-refractivity contribution in [1.29, 1.82) is 0 Å². The van der Waals surface area contributed by atoms with Gasteiger partial charge < -0.3 is 10.6 Å². The van der Waals surface area contributed by atoms with Gasteiger partial charge >= 0.3 is 6.03 Å². The van der Waals surface area contributed by atoms with E-state index in [1.165, 1.54) is 14.2 Å². The second kappa shape index (κ2) is 5.71. The molecule has 1 aromatic carbocycles. The van der Waals surface area contributed by atoms with Crippen LogP contribution in [0.2, 0.25) is 0 Å². The molecule has 0 radical (unpaired) electrons. The summed E-state index contributed by atoms with van der Waals surface area (Å²) in [6, 6.07) is 6.78. The molecule has 1 aliphatic rings. The first kappa shape index (κ1) is 13.4. The highest BCUT2D eigenvalue weighted by molar-refractivity contribution is 5.96. The second-order valence-corrected chi connectivity index (χ2v) is 4.44. The Hall–Kier alpha value is -2.08. The molecule has 0 spiro atoms. The number of anilines is 1. The SMILES string of the molecule is CON(C)C(=O)c1cccc(NC(=O)NC2CC2)c1. The van der Waals surface area contributed by atoms with Gasteiger partial charge in [-0.25, -0.2) is 9.86 Å². The third-order valence-electron chi connectivity index (χ3n) is 2.84. The van der Waals surface area contributed by atoms with Gasteiger partial charge in [-0.2, -0.15) is 0 Å². The Bertz CT molecular complexity index is 486. The van der Waals surface area contributed by atoms with Crippen LogP contribution < -0.4 is 10.6 Å². The first-order valence-electron chi connectivity index (χ1n) is 6.10. The lowest BCUT2D eigenvalue weighted by atomic mass is 10.2. The van der Waals surface area contributed by atoms with Crippen molar-refractivity contribution in [3.05, 3.63) is 29.8 Å². The molecular formula is C13H17N3O3. The zero-order chi connectivity index (χ0) is 13.8. The van der Waals surface area contributed by atoms with Crippen LogP contribution in [0.5, 0.6) is 0 Å². The van der Waals surface area contributed by atoms with Crippen molar-refractivity contribution in [1.82, 2.24) is 10.4 Å². The van der Waals surface area contributed by atoms with Gasteiger partial charge in [0.05, 0.1) is 7.11 Å². The van der Waals surface area contributed by atoms with E-state index >= 15 is 0 Å². The maximum Gasteiger partial charge on any atom is 0.319 e. The molecule has 0 heterocycles. The quantitative estimate of drug-likeness (QED) is 0.811. The summed E-state index contributed by atoms with van der Waals surface area (Å²) in [5.74, 6) is -0.270. The van der Waals surface area contributed by atoms with Crippen molar-refractivity contribution >= 4 is 17.6 Å². The Labute approximate surface area is 111 Å². The van der Waals surface area contributed by atoms with E-state index in [9.17, 15) is 9.59 Å². The minimum Gasteiger partial charge on any atom is -0.335 e. The maximum absolute atomic E-state index is 11.9. The average Bonchev–Trinajstić information content (AvgIpc) is 3.21. The average molecular weight is 263 g/mol. The largest absolute Gasteiger partial charge is 0.335 e. The fourth-order valence-electron chi connectivity index (χ4n) is 1.57. The van der Waals surface area contributed by atoms with Crippen LogP contribution >= 0.6 is 0 Å². The monoisotopic (exact) mass is 263 g/mol. The third kappa shape index (κ3) is 3.69. The molecule has 1 saturated carbocycles. The molecule has 0 aromatic heterocycles. The zero-order valence-corrected chi connectivity index (χ0v) is 11.0. The van der Waals surface area contributed by atoms with Crippen LogP contribution in [0.25, 0.3) is 0 Å². The van der Waals surface area contributed by atoms with Gasteiger partial charge in [-0.05, 0) is 31.0 Å². The number of nitrogens with zero attached hydrogens (tertiary/aromatic N) is 1. The molecular weight excluding hydrogens is 246 g/mol. The van der Waals surface area contributed by atoms with Crippen molar-refractivity contribution in [2.24, 2.45) is 0 Å². The Morgan fingerprint density at radius 3 is 2.74 bits per heavy atom. The number of urea groups is 1. The van der Waals surface area contributed by atoms with Crippen LogP contribution in [0.1, 0.15) is 23.2 Å². The lowest BCUT2D eigenvalue weighted by Gasteiger charge is -2.14. The number of rotatable bonds is 4. The Balaban J connectivity index is 2.01. The first-order chi connectivity index (χ1) is 9.10. The number of amides is 3. The minimum atomic E-state index is -0.270. The van der Waals surface area contributed by atoms with Crippen molar-refractivity contribution in [2.45, 2.75) is 18.9 Å². The lowest BCUT2D eigenvalue weighted by molar-refractivity contribution is -0.0756. The number of nitrogens with one attached hydrogen (secondary N) is 2. The number of hydrogen-bond acceptors (Lipinski definition) is 3. The highest BCUT2D eigenvalue weighted by Crippen LogP contribution is 2.19. The molecule has 0 unspecified atom stereocenters. The van der Waals surface area contributed by atoms with Crippen LogP contribution in [0, 0.1) is 0 Å². The van der Waals surface area contributed by atoms with E-state index in [-0.39, 0.29) is 11.9 Å². The van der Waals surface area contributed by atoms with E-state index in [1.807, 2.05) is 0 Å². The van der Waals surface area contributed by atoms with E-state index in [2.05, 4.69) is 10.6 Å². The Morgan fingerprint density at radius 1 is 1.37 bits per heavy atom. The van der Waals surface area contributed by atoms with E-state index in [4.69, 9.17) is 4.84 Å². The van der Waals surface area contributed by atoms with Crippen molar-refractivity contribution < 1.29 is 14.4 Å². The summed E-state index contributed by atoms with van der Waals surface area (Å²) in [6.07, 6.45) is 2.06. The predicted octanol–water partition coefficient (Wildman–Crippen LogP) is 1.60. The molecule has 3 amide bonds. The molecule has 1 aliphatic carbocycles. The summed E-state index contributed by atoms with van der Waals surface area (Å²) in [6.45, 7) is 0. The minimum absolute atomic E-state index is 0.243.